The van der Waals surface area contributed by atoms with Crippen LogP contribution in [0.5, 0.6) is 11.5 Å². The minimum atomic E-state index is -1.22. The van der Waals surface area contributed by atoms with Gasteiger partial charge in [-0.2, -0.15) is 5.26 Å². The second kappa shape index (κ2) is 6.42. The molecule has 2 N–H and O–H groups in total. The lowest BCUT2D eigenvalue weighted by Gasteiger charge is -2.36. The van der Waals surface area contributed by atoms with E-state index in [9.17, 15) is 5.11 Å². The van der Waals surface area contributed by atoms with Gasteiger partial charge in [0.05, 0.1) is 25.7 Å². The number of anilines is 1. The summed E-state index contributed by atoms with van der Waals surface area (Å²) in [4.78, 5) is 0. The number of aliphatic hydroxyl groups is 1. The molecule has 2 atom stereocenters. The van der Waals surface area contributed by atoms with Gasteiger partial charge in [0.25, 0.3) is 0 Å². The number of hydrogen-bond acceptors (Lipinski definition) is 5. The molecular weight excluding hydrogens is 292 g/mol. The van der Waals surface area contributed by atoms with E-state index < -0.39 is 11.5 Å². The highest BCUT2D eigenvalue weighted by atomic mass is 35.5. The van der Waals surface area contributed by atoms with Crippen LogP contribution in [0.1, 0.15) is 18.9 Å². The van der Waals surface area contributed by atoms with E-state index in [1.54, 1.807) is 26.2 Å². The van der Waals surface area contributed by atoms with Crippen LogP contribution >= 0.6 is 11.6 Å². The predicted octanol–water partition coefficient (Wildman–Crippen LogP) is 2.48. The number of ether oxygens (including phenoxy) is 2. The molecule has 114 valence electrons. The van der Waals surface area contributed by atoms with Crippen LogP contribution in [0.25, 0.3) is 0 Å². The zero-order chi connectivity index (χ0) is 15.5. The number of halogens is 1. The maximum Gasteiger partial charge on any atom is 0.163 e. The Morgan fingerprint density at radius 1 is 1.52 bits per heavy atom. The predicted molar refractivity (Wildman–Crippen MR) is 81.0 cm³/mol. The lowest BCUT2D eigenvalue weighted by molar-refractivity contribution is 0.0178. The number of alkyl halides is 1. The highest BCUT2D eigenvalue weighted by molar-refractivity contribution is 6.17. The summed E-state index contributed by atoms with van der Waals surface area (Å²) >= 11 is 5.64. The molecule has 2 rings (SSSR count). The molecule has 1 aromatic carbocycles. The normalized spacial score (nSPS) is 23.7. The number of hydrogen-bond donors (Lipinski definition) is 2. The Bertz CT molecular complexity index is 555. The number of nitriles is 1. The molecular formula is C15H19ClN2O3. The van der Waals surface area contributed by atoms with E-state index in [0.717, 1.165) is 12.1 Å². The average Bonchev–Trinajstić information content (AvgIpc) is 2.47. The first kappa shape index (κ1) is 15.7. The molecule has 0 amide bonds. The van der Waals surface area contributed by atoms with E-state index in [2.05, 4.69) is 11.4 Å². The maximum atomic E-state index is 10.6. The summed E-state index contributed by atoms with van der Waals surface area (Å²) in [6.07, 6.45) is 0.740. The number of benzene rings is 1. The van der Waals surface area contributed by atoms with Gasteiger partial charge in [0.1, 0.15) is 5.60 Å². The topological polar surface area (TPSA) is 74.5 Å². The third-order valence-corrected chi connectivity index (χ3v) is 3.98. The number of methoxy groups -OCH3 is 1. The first-order chi connectivity index (χ1) is 10.0. The van der Waals surface area contributed by atoms with E-state index in [4.69, 9.17) is 26.3 Å². The summed E-state index contributed by atoms with van der Waals surface area (Å²) in [7, 11) is 1.54. The van der Waals surface area contributed by atoms with Crippen LogP contribution in [0.4, 0.5) is 5.69 Å². The monoisotopic (exact) mass is 310 g/mol. The van der Waals surface area contributed by atoms with Gasteiger partial charge in [0.15, 0.2) is 11.5 Å². The molecule has 0 saturated carbocycles. The van der Waals surface area contributed by atoms with Gasteiger partial charge in [0.2, 0.25) is 0 Å². The van der Waals surface area contributed by atoms with Gasteiger partial charge in [-0.1, -0.05) is 0 Å². The third kappa shape index (κ3) is 3.02. The quantitative estimate of drug-likeness (QED) is 0.645. The Hall–Kier alpha value is -1.64. The van der Waals surface area contributed by atoms with Crippen molar-refractivity contribution in [3.05, 3.63) is 17.7 Å². The van der Waals surface area contributed by atoms with Gasteiger partial charge < -0.3 is 19.9 Å². The number of rotatable bonds is 5. The minimum absolute atomic E-state index is 0.393. The Morgan fingerprint density at radius 3 is 2.90 bits per heavy atom. The van der Waals surface area contributed by atoms with Crippen LogP contribution in [0.3, 0.4) is 0 Å². The maximum absolute atomic E-state index is 10.6. The molecule has 0 spiro atoms. The van der Waals surface area contributed by atoms with Crippen LogP contribution in [-0.4, -0.2) is 31.2 Å². The summed E-state index contributed by atoms with van der Waals surface area (Å²) in [5.74, 6) is 1.14. The number of fused-ring (bicyclic) bond motifs is 1. The number of nitrogens with zero attached hydrogens (tertiary/aromatic N) is 1. The van der Waals surface area contributed by atoms with Crippen molar-refractivity contribution in [2.75, 3.05) is 31.5 Å². The van der Waals surface area contributed by atoms with Crippen molar-refractivity contribution in [1.29, 1.82) is 5.26 Å². The summed E-state index contributed by atoms with van der Waals surface area (Å²) in [6, 6.07) is 5.65. The Morgan fingerprint density at radius 2 is 2.29 bits per heavy atom. The SMILES string of the molecule is COc1cc2c(cc1OCCCCl)NCC(C#N)C2(C)O. The molecule has 1 aliphatic rings. The van der Waals surface area contributed by atoms with Gasteiger partial charge in [-0.25, -0.2) is 0 Å². The van der Waals surface area contributed by atoms with Gasteiger partial charge in [-0.05, 0) is 19.4 Å². The molecule has 2 unspecified atom stereocenters. The van der Waals surface area contributed by atoms with Crippen molar-refractivity contribution in [2.24, 2.45) is 5.92 Å². The Kier molecular flexibility index (Phi) is 4.81. The summed E-state index contributed by atoms with van der Waals surface area (Å²) in [5, 5.41) is 23.0. The van der Waals surface area contributed by atoms with Gasteiger partial charge in [0, 0.05) is 29.7 Å². The average molecular weight is 311 g/mol. The molecule has 1 aromatic rings. The summed E-state index contributed by atoms with van der Waals surface area (Å²) in [5.41, 5.74) is 0.173. The second-order valence-electron chi connectivity index (χ2n) is 5.15. The second-order valence-corrected chi connectivity index (χ2v) is 5.53. The Labute approximate surface area is 129 Å². The first-order valence-corrected chi connectivity index (χ1v) is 7.35. The van der Waals surface area contributed by atoms with E-state index in [0.29, 0.717) is 36.1 Å². The molecule has 0 aromatic heterocycles. The van der Waals surface area contributed by atoms with Crippen molar-refractivity contribution in [1.82, 2.24) is 0 Å². The van der Waals surface area contributed by atoms with E-state index >= 15 is 0 Å². The molecule has 0 bridgehead atoms. The van der Waals surface area contributed by atoms with Crippen LogP contribution < -0.4 is 14.8 Å². The van der Waals surface area contributed by atoms with Crippen LogP contribution in [0.15, 0.2) is 12.1 Å². The highest BCUT2D eigenvalue weighted by Gasteiger charge is 2.40. The largest absolute Gasteiger partial charge is 0.493 e. The molecule has 6 heteroatoms. The first-order valence-electron chi connectivity index (χ1n) is 6.81. The van der Waals surface area contributed by atoms with E-state index in [1.165, 1.54) is 0 Å². The molecule has 1 heterocycles. The molecule has 0 aliphatic carbocycles. The van der Waals surface area contributed by atoms with Gasteiger partial charge in [-0.15, -0.1) is 11.6 Å². The zero-order valence-electron chi connectivity index (χ0n) is 12.1. The van der Waals surface area contributed by atoms with Crippen LogP contribution in [0.2, 0.25) is 0 Å². The lowest BCUT2D eigenvalue weighted by atomic mass is 9.80. The smallest absolute Gasteiger partial charge is 0.163 e. The Balaban J connectivity index is 2.37. The van der Waals surface area contributed by atoms with Crippen molar-refractivity contribution in [3.63, 3.8) is 0 Å². The highest BCUT2D eigenvalue weighted by Crippen LogP contribution is 2.43. The van der Waals surface area contributed by atoms with Crippen molar-refractivity contribution in [3.8, 4) is 17.6 Å². The lowest BCUT2D eigenvalue weighted by Crippen LogP contribution is -2.40. The molecule has 21 heavy (non-hydrogen) atoms. The van der Waals surface area contributed by atoms with Gasteiger partial charge >= 0.3 is 0 Å². The fraction of sp³-hybridized carbons (Fsp3) is 0.533. The molecule has 0 radical (unpaired) electrons. The standard InChI is InChI=1S/C15H19ClN2O3/c1-15(19)10(8-17)9-18-12-7-14(21-5-3-4-16)13(20-2)6-11(12)15/h6-7,10,18-19H,3-5,9H2,1-2H3. The minimum Gasteiger partial charge on any atom is -0.493 e. The van der Waals surface area contributed by atoms with Crippen LogP contribution in [0, 0.1) is 17.2 Å². The molecule has 5 nitrogen and oxygen atoms in total. The summed E-state index contributed by atoms with van der Waals surface area (Å²) < 4.78 is 11.0. The fourth-order valence-electron chi connectivity index (χ4n) is 2.40. The van der Waals surface area contributed by atoms with Crippen molar-refractivity contribution >= 4 is 17.3 Å². The van der Waals surface area contributed by atoms with E-state index in [-0.39, 0.29) is 0 Å². The fourth-order valence-corrected chi connectivity index (χ4v) is 2.51. The van der Waals surface area contributed by atoms with Crippen LogP contribution in [-0.2, 0) is 5.60 Å². The van der Waals surface area contributed by atoms with Crippen molar-refractivity contribution < 1.29 is 14.6 Å². The van der Waals surface area contributed by atoms with Crippen molar-refractivity contribution in [2.45, 2.75) is 18.9 Å². The summed E-state index contributed by atoms with van der Waals surface area (Å²) in [6.45, 7) is 2.54. The molecule has 1 aliphatic heterocycles. The zero-order valence-corrected chi connectivity index (χ0v) is 12.9. The molecule has 0 saturated heterocycles. The van der Waals surface area contributed by atoms with E-state index in [1.807, 2.05) is 0 Å². The molecule has 0 fully saturated rings. The number of nitrogens with one attached hydrogen (secondary N) is 1. The third-order valence-electron chi connectivity index (χ3n) is 3.72. The van der Waals surface area contributed by atoms with Gasteiger partial charge in [-0.3, -0.25) is 0 Å².